The maximum Gasteiger partial charge on any atom is 0.248 e. The van der Waals surface area contributed by atoms with E-state index < -0.39 is 0 Å². The number of aromatic nitrogens is 1. The molecule has 0 aliphatic rings. The number of hydrogen-bond acceptors (Lipinski definition) is 1. The van der Waals surface area contributed by atoms with E-state index in [0.29, 0.717) is 0 Å². The van der Waals surface area contributed by atoms with Gasteiger partial charge in [-0.05, 0) is 27.6 Å². The molecule has 3 aromatic carbocycles. The Morgan fingerprint density at radius 1 is 0.632 bits per heavy atom. The highest BCUT2D eigenvalue weighted by Crippen LogP contribution is 2.29. The quantitative estimate of drug-likeness (QED) is 0.469. The fourth-order valence-electron chi connectivity index (χ4n) is 2.71. The molecule has 0 saturated carbocycles. The number of pyridine rings is 1. The van der Waals surface area contributed by atoms with E-state index in [1.54, 1.807) is 6.07 Å². The Morgan fingerprint density at radius 3 is 2.32 bits per heavy atom. The minimum Gasteiger partial charge on any atom is -0.321 e. The average molecular weight is 245 g/mol. The summed E-state index contributed by atoms with van der Waals surface area (Å²) in [6.45, 7) is 0. The van der Waals surface area contributed by atoms with Crippen LogP contribution in [0.2, 0.25) is 0 Å². The largest absolute Gasteiger partial charge is 0.321 e. The maximum atomic E-state index is 11.5. The molecule has 2 heteroatoms. The van der Waals surface area contributed by atoms with Gasteiger partial charge in [0.2, 0.25) is 5.56 Å². The Morgan fingerprint density at radius 2 is 1.37 bits per heavy atom. The SMILES string of the molecule is O=c1ccc2ccc3c4ccccc4ccc3c2[nH]1. The number of hydrogen-bond donors (Lipinski definition) is 1. The zero-order chi connectivity index (χ0) is 12.8. The second kappa shape index (κ2) is 3.69. The second-order valence-electron chi connectivity index (χ2n) is 4.73. The number of H-pyrrole nitrogens is 1. The third kappa shape index (κ3) is 1.47. The van der Waals surface area contributed by atoms with Crippen LogP contribution in [0.4, 0.5) is 0 Å². The van der Waals surface area contributed by atoms with Crippen molar-refractivity contribution in [2.45, 2.75) is 0 Å². The molecule has 0 spiro atoms. The van der Waals surface area contributed by atoms with Gasteiger partial charge >= 0.3 is 0 Å². The van der Waals surface area contributed by atoms with Crippen molar-refractivity contribution in [2.75, 3.05) is 0 Å². The van der Waals surface area contributed by atoms with Crippen LogP contribution in [0.25, 0.3) is 32.4 Å². The first-order valence-electron chi connectivity index (χ1n) is 6.26. The van der Waals surface area contributed by atoms with E-state index in [1.165, 1.54) is 16.2 Å². The van der Waals surface area contributed by atoms with Gasteiger partial charge in [-0.15, -0.1) is 0 Å². The molecule has 1 aromatic heterocycles. The second-order valence-corrected chi connectivity index (χ2v) is 4.73. The Labute approximate surface area is 109 Å². The molecule has 0 bridgehead atoms. The van der Waals surface area contributed by atoms with Gasteiger partial charge in [0.25, 0.3) is 0 Å². The third-order valence-corrected chi connectivity index (χ3v) is 3.62. The highest BCUT2D eigenvalue weighted by molar-refractivity contribution is 6.15. The third-order valence-electron chi connectivity index (χ3n) is 3.62. The van der Waals surface area contributed by atoms with E-state index in [-0.39, 0.29) is 5.56 Å². The molecule has 0 aliphatic carbocycles. The van der Waals surface area contributed by atoms with Crippen molar-refractivity contribution in [2.24, 2.45) is 0 Å². The van der Waals surface area contributed by atoms with Crippen LogP contribution in [0.3, 0.4) is 0 Å². The number of benzene rings is 3. The summed E-state index contributed by atoms with van der Waals surface area (Å²) in [7, 11) is 0. The van der Waals surface area contributed by atoms with Gasteiger partial charge in [-0.3, -0.25) is 4.79 Å². The Bertz CT molecular complexity index is 982. The molecule has 4 rings (SSSR count). The highest BCUT2D eigenvalue weighted by atomic mass is 16.1. The van der Waals surface area contributed by atoms with Crippen LogP contribution < -0.4 is 5.56 Å². The van der Waals surface area contributed by atoms with Crippen LogP contribution in [-0.2, 0) is 0 Å². The molecular weight excluding hydrogens is 234 g/mol. The van der Waals surface area contributed by atoms with E-state index in [2.05, 4.69) is 41.4 Å². The van der Waals surface area contributed by atoms with Gasteiger partial charge in [0.05, 0.1) is 5.52 Å². The summed E-state index contributed by atoms with van der Waals surface area (Å²) < 4.78 is 0. The molecular formula is C17H11NO. The van der Waals surface area contributed by atoms with E-state index in [4.69, 9.17) is 0 Å². The summed E-state index contributed by atoms with van der Waals surface area (Å²) in [5.41, 5.74) is 0.851. The summed E-state index contributed by atoms with van der Waals surface area (Å²) in [6, 6.07) is 20.1. The van der Waals surface area contributed by atoms with Gasteiger partial charge < -0.3 is 4.98 Å². The molecule has 0 amide bonds. The van der Waals surface area contributed by atoms with Crippen LogP contribution in [0, 0.1) is 0 Å². The lowest BCUT2D eigenvalue weighted by molar-refractivity contribution is 1.32. The van der Waals surface area contributed by atoms with Crippen LogP contribution in [-0.4, -0.2) is 4.98 Å². The predicted molar refractivity (Wildman–Crippen MR) is 79.6 cm³/mol. The van der Waals surface area contributed by atoms with E-state index in [1.807, 2.05) is 18.2 Å². The minimum absolute atomic E-state index is 0.0619. The lowest BCUT2D eigenvalue weighted by Crippen LogP contribution is -2.02. The summed E-state index contributed by atoms with van der Waals surface area (Å²) in [5, 5.41) is 5.75. The first kappa shape index (κ1) is 10.3. The molecule has 0 aliphatic heterocycles. The van der Waals surface area contributed by atoms with E-state index in [9.17, 15) is 4.79 Å². The smallest absolute Gasteiger partial charge is 0.248 e. The van der Waals surface area contributed by atoms with Gasteiger partial charge in [-0.1, -0.05) is 48.5 Å². The molecule has 0 unspecified atom stereocenters. The number of rotatable bonds is 0. The van der Waals surface area contributed by atoms with Crippen molar-refractivity contribution in [3.8, 4) is 0 Å². The highest BCUT2D eigenvalue weighted by Gasteiger charge is 2.04. The van der Waals surface area contributed by atoms with Crippen molar-refractivity contribution in [1.29, 1.82) is 0 Å². The van der Waals surface area contributed by atoms with Crippen LogP contribution in [0.1, 0.15) is 0 Å². The van der Waals surface area contributed by atoms with Crippen LogP contribution >= 0.6 is 0 Å². The van der Waals surface area contributed by atoms with Crippen molar-refractivity contribution in [3.05, 3.63) is 71.0 Å². The number of aromatic amines is 1. The minimum atomic E-state index is -0.0619. The monoisotopic (exact) mass is 245 g/mol. The zero-order valence-corrected chi connectivity index (χ0v) is 10.2. The Hall–Kier alpha value is -2.61. The average Bonchev–Trinajstić information content (AvgIpc) is 2.46. The fourth-order valence-corrected chi connectivity index (χ4v) is 2.71. The molecule has 1 heterocycles. The van der Waals surface area contributed by atoms with Crippen molar-refractivity contribution in [3.63, 3.8) is 0 Å². The van der Waals surface area contributed by atoms with Crippen molar-refractivity contribution < 1.29 is 0 Å². The van der Waals surface area contributed by atoms with E-state index in [0.717, 1.165) is 16.3 Å². The lowest BCUT2D eigenvalue weighted by atomic mass is 10.00. The number of fused-ring (bicyclic) bond motifs is 5. The van der Waals surface area contributed by atoms with Crippen LogP contribution in [0.5, 0.6) is 0 Å². The molecule has 0 atom stereocenters. The molecule has 0 radical (unpaired) electrons. The molecule has 0 saturated heterocycles. The normalized spacial score (nSPS) is 11.4. The fraction of sp³-hybridized carbons (Fsp3) is 0. The van der Waals surface area contributed by atoms with Gasteiger partial charge in [0.1, 0.15) is 0 Å². The van der Waals surface area contributed by atoms with E-state index >= 15 is 0 Å². The topological polar surface area (TPSA) is 32.9 Å². The van der Waals surface area contributed by atoms with Crippen LogP contribution in [0.15, 0.2) is 65.5 Å². The first-order valence-corrected chi connectivity index (χ1v) is 6.26. The summed E-state index contributed by atoms with van der Waals surface area (Å²) in [4.78, 5) is 14.5. The molecule has 0 fully saturated rings. The van der Waals surface area contributed by atoms with Gasteiger partial charge in [-0.2, -0.15) is 0 Å². The summed E-state index contributed by atoms with van der Waals surface area (Å²) in [5.74, 6) is 0. The first-order chi connectivity index (χ1) is 9.33. The summed E-state index contributed by atoms with van der Waals surface area (Å²) >= 11 is 0. The maximum absolute atomic E-state index is 11.5. The standard InChI is InChI=1S/C17H11NO/c19-16-10-7-12-6-8-14-13-4-2-1-3-11(13)5-9-15(14)17(12)18-16/h1-10H,(H,18,19). The van der Waals surface area contributed by atoms with Gasteiger partial charge in [-0.25, -0.2) is 0 Å². The lowest BCUT2D eigenvalue weighted by Gasteiger charge is -2.06. The molecule has 1 N–H and O–H groups in total. The molecule has 90 valence electrons. The van der Waals surface area contributed by atoms with Gasteiger partial charge in [0, 0.05) is 11.5 Å². The summed E-state index contributed by atoms with van der Waals surface area (Å²) in [6.07, 6.45) is 0. The number of nitrogens with one attached hydrogen (secondary N) is 1. The van der Waals surface area contributed by atoms with Crippen molar-refractivity contribution >= 4 is 32.4 Å². The molecule has 19 heavy (non-hydrogen) atoms. The molecule has 2 nitrogen and oxygen atoms in total. The van der Waals surface area contributed by atoms with Gasteiger partial charge in [0.15, 0.2) is 0 Å². The Kier molecular flexibility index (Phi) is 2.00. The Balaban J connectivity index is 2.31. The zero-order valence-electron chi connectivity index (χ0n) is 10.2. The predicted octanol–water partition coefficient (Wildman–Crippen LogP) is 3.83. The molecule has 4 aromatic rings. The van der Waals surface area contributed by atoms with Crippen molar-refractivity contribution in [1.82, 2.24) is 4.98 Å².